The zero-order valence-electron chi connectivity index (χ0n) is 13.8. The number of fused-ring (bicyclic) bond motifs is 1. The van der Waals surface area contributed by atoms with Crippen molar-refractivity contribution in [2.45, 2.75) is 39.8 Å². The van der Waals surface area contributed by atoms with E-state index in [0.717, 1.165) is 0 Å². The number of rotatable bonds is 4. The lowest BCUT2D eigenvalue weighted by Crippen LogP contribution is -2.22. The minimum Gasteiger partial charge on any atom is -0.357 e. The number of H-pyrrole nitrogens is 1. The lowest BCUT2D eigenvalue weighted by Gasteiger charge is -2.20. The SMILES string of the molecule is Cc1ccc([C@H](C)N[C@H](C)c2cc3ccccc3[nH]2)cc1C. The third-order valence-corrected chi connectivity index (χ3v) is 4.55. The fourth-order valence-electron chi connectivity index (χ4n) is 2.92. The van der Waals surface area contributed by atoms with E-state index >= 15 is 0 Å². The molecule has 0 amide bonds. The molecular weight excluding hydrogens is 268 g/mol. The Morgan fingerprint density at radius 1 is 0.864 bits per heavy atom. The van der Waals surface area contributed by atoms with Crippen molar-refractivity contribution in [1.29, 1.82) is 0 Å². The Kier molecular flexibility index (Phi) is 4.04. The van der Waals surface area contributed by atoms with Crippen LogP contribution in [0, 0.1) is 13.8 Å². The van der Waals surface area contributed by atoms with Gasteiger partial charge in [0.1, 0.15) is 0 Å². The van der Waals surface area contributed by atoms with E-state index in [0.29, 0.717) is 6.04 Å². The Morgan fingerprint density at radius 2 is 1.64 bits per heavy atom. The maximum atomic E-state index is 3.69. The quantitative estimate of drug-likeness (QED) is 0.680. The van der Waals surface area contributed by atoms with Gasteiger partial charge in [-0.15, -0.1) is 0 Å². The normalized spacial score (nSPS) is 14.2. The molecule has 0 spiro atoms. The van der Waals surface area contributed by atoms with Gasteiger partial charge in [0.05, 0.1) is 0 Å². The van der Waals surface area contributed by atoms with Crippen LogP contribution in [0.1, 0.15) is 48.3 Å². The second kappa shape index (κ2) is 5.98. The molecule has 3 rings (SSSR count). The summed E-state index contributed by atoms with van der Waals surface area (Å²) in [7, 11) is 0. The van der Waals surface area contributed by atoms with Gasteiger partial charge < -0.3 is 10.3 Å². The Balaban J connectivity index is 1.77. The fraction of sp³-hybridized carbons (Fsp3) is 0.300. The van der Waals surface area contributed by atoms with Gasteiger partial charge in [0, 0.05) is 23.3 Å². The second-order valence-corrected chi connectivity index (χ2v) is 6.27. The second-order valence-electron chi connectivity index (χ2n) is 6.27. The molecule has 0 saturated carbocycles. The topological polar surface area (TPSA) is 27.8 Å². The standard InChI is InChI=1S/C20H24N2/c1-13-9-10-17(11-14(13)2)15(3)21-16(4)20-12-18-7-5-6-8-19(18)22-20/h5-12,15-16,21-22H,1-4H3/t15-,16+/m0/s1. The summed E-state index contributed by atoms with van der Waals surface area (Å²) in [6, 6.07) is 18.0. The zero-order valence-corrected chi connectivity index (χ0v) is 13.8. The number of aromatic amines is 1. The van der Waals surface area contributed by atoms with E-state index < -0.39 is 0 Å². The monoisotopic (exact) mass is 292 g/mol. The largest absolute Gasteiger partial charge is 0.357 e. The molecule has 3 aromatic rings. The van der Waals surface area contributed by atoms with E-state index in [2.05, 4.69) is 86.5 Å². The minimum absolute atomic E-state index is 0.281. The molecule has 0 aliphatic carbocycles. The molecule has 2 nitrogen and oxygen atoms in total. The molecule has 1 heterocycles. The van der Waals surface area contributed by atoms with Gasteiger partial charge in [-0.05, 0) is 61.9 Å². The highest BCUT2D eigenvalue weighted by Crippen LogP contribution is 2.23. The van der Waals surface area contributed by atoms with Crippen LogP contribution < -0.4 is 5.32 Å². The first kappa shape index (κ1) is 14.9. The van der Waals surface area contributed by atoms with Crippen LogP contribution in [-0.4, -0.2) is 4.98 Å². The summed E-state index contributed by atoms with van der Waals surface area (Å²) in [5, 5.41) is 4.96. The van der Waals surface area contributed by atoms with Crippen LogP contribution in [0.2, 0.25) is 0 Å². The van der Waals surface area contributed by atoms with Crippen LogP contribution >= 0.6 is 0 Å². The van der Waals surface area contributed by atoms with Gasteiger partial charge in [0.2, 0.25) is 0 Å². The minimum atomic E-state index is 0.281. The molecule has 0 bridgehead atoms. The van der Waals surface area contributed by atoms with Gasteiger partial charge in [-0.1, -0.05) is 36.4 Å². The summed E-state index contributed by atoms with van der Waals surface area (Å²) in [6.45, 7) is 8.77. The molecule has 2 N–H and O–H groups in total. The molecule has 0 radical (unpaired) electrons. The highest BCUT2D eigenvalue weighted by Gasteiger charge is 2.13. The molecule has 0 fully saturated rings. The highest BCUT2D eigenvalue weighted by atomic mass is 15.0. The fourth-order valence-corrected chi connectivity index (χ4v) is 2.92. The van der Waals surface area contributed by atoms with Gasteiger partial charge in [0.25, 0.3) is 0 Å². The Hall–Kier alpha value is -2.06. The molecule has 0 aliphatic heterocycles. The number of aromatic nitrogens is 1. The molecule has 0 saturated heterocycles. The van der Waals surface area contributed by atoms with Gasteiger partial charge in [-0.2, -0.15) is 0 Å². The van der Waals surface area contributed by atoms with Crippen molar-refractivity contribution in [3.63, 3.8) is 0 Å². The summed E-state index contributed by atoms with van der Waals surface area (Å²) in [5.74, 6) is 0. The maximum absolute atomic E-state index is 3.69. The number of para-hydroxylation sites is 1. The first-order chi connectivity index (χ1) is 10.5. The van der Waals surface area contributed by atoms with E-state index in [4.69, 9.17) is 0 Å². The predicted octanol–water partition coefficient (Wildman–Crippen LogP) is 5.20. The van der Waals surface area contributed by atoms with Crippen LogP contribution in [-0.2, 0) is 0 Å². The average molecular weight is 292 g/mol. The highest BCUT2D eigenvalue weighted by molar-refractivity contribution is 5.80. The van der Waals surface area contributed by atoms with Crippen LogP contribution in [0.15, 0.2) is 48.5 Å². The number of aryl methyl sites for hydroxylation is 2. The molecule has 2 aromatic carbocycles. The van der Waals surface area contributed by atoms with Crippen LogP contribution in [0.4, 0.5) is 0 Å². The molecule has 0 unspecified atom stereocenters. The van der Waals surface area contributed by atoms with Crippen molar-refractivity contribution in [2.75, 3.05) is 0 Å². The van der Waals surface area contributed by atoms with Crippen molar-refractivity contribution >= 4 is 10.9 Å². The van der Waals surface area contributed by atoms with Crippen molar-refractivity contribution in [3.8, 4) is 0 Å². The van der Waals surface area contributed by atoms with Gasteiger partial charge in [-0.3, -0.25) is 0 Å². The maximum Gasteiger partial charge on any atom is 0.0456 e. The van der Waals surface area contributed by atoms with Gasteiger partial charge in [0.15, 0.2) is 0 Å². The lowest BCUT2D eigenvalue weighted by molar-refractivity contribution is 0.488. The van der Waals surface area contributed by atoms with E-state index in [1.54, 1.807) is 0 Å². The van der Waals surface area contributed by atoms with E-state index in [1.807, 2.05) is 0 Å². The van der Waals surface area contributed by atoms with E-state index in [-0.39, 0.29) is 6.04 Å². The molecular formula is C20H24N2. The number of hydrogen-bond acceptors (Lipinski definition) is 1. The van der Waals surface area contributed by atoms with Crippen molar-refractivity contribution in [3.05, 3.63) is 70.9 Å². The summed E-state index contributed by atoms with van der Waals surface area (Å²) >= 11 is 0. The molecule has 114 valence electrons. The Morgan fingerprint density at radius 3 is 2.36 bits per heavy atom. The Labute approximate surface area is 132 Å². The van der Waals surface area contributed by atoms with Crippen LogP contribution in [0.25, 0.3) is 10.9 Å². The smallest absolute Gasteiger partial charge is 0.0456 e. The van der Waals surface area contributed by atoms with Crippen molar-refractivity contribution in [1.82, 2.24) is 10.3 Å². The first-order valence-electron chi connectivity index (χ1n) is 7.95. The van der Waals surface area contributed by atoms with E-state index in [9.17, 15) is 0 Å². The zero-order chi connectivity index (χ0) is 15.7. The van der Waals surface area contributed by atoms with Crippen LogP contribution in [0.5, 0.6) is 0 Å². The van der Waals surface area contributed by atoms with E-state index in [1.165, 1.54) is 33.3 Å². The lowest BCUT2D eigenvalue weighted by atomic mass is 10.0. The average Bonchev–Trinajstić information content (AvgIpc) is 2.94. The summed E-state index contributed by atoms with van der Waals surface area (Å²) < 4.78 is 0. The molecule has 2 heteroatoms. The molecule has 1 aromatic heterocycles. The first-order valence-corrected chi connectivity index (χ1v) is 7.95. The number of nitrogens with one attached hydrogen (secondary N) is 2. The van der Waals surface area contributed by atoms with Crippen LogP contribution in [0.3, 0.4) is 0 Å². The molecule has 0 aliphatic rings. The summed E-state index contributed by atoms with van der Waals surface area (Å²) in [6.07, 6.45) is 0. The number of benzene rings is 2. The number of hydrogen-bond donors (Lipinski definition) is 2. The molecule has 2 atom stereocenters. The van der Waals surface area contributed by atoms with Crippen molar-refractivity contribution in [2.24, 2.45) is 0 Å². The Bertz CT molecular complexity index is 752. The summed E-state index contributed by atoms with van der Waals surface area (Å²) in [4.78, 5) is 3.51. The predicted molar refractivity (Wildman–Crippen MR) is 94.2 cm³/mol. The van der Waals surface area contributed by atoms with Gasteiger partial charge >= 0.3 is 0 Å². The van der Waals surface area contributed by atoms with Crippen molar-refractivity contribution < 1.29 is 0 Å². The summed E-state index contributed by atoms with van der Waals surface area (Å²) in [5.41, 5.74) is 6.47. The molecule has 22 heavy (non-hydrogen) atoms. The van der Waals surface area contributed by atoms with Gasteiger partial charge in [-0.25, -0.2) is 0 Å². The third-order valence-electron chi connectivity index (χ3n) is 4.55. The third kappa shape index (κ3) is 2.93.